The van der Waals surface area contributed by atoms with E-state index < -0.39 is 5.79 Å². The van der Waals surface area contributed by atoms with Gasteiger partial charge >= 0.3 is 0 Å². The molecule has 2 aliphatic heterocycles. The van der Waals surface area contributed by atoms with Gasteiger partial charge in [0.1, 0.15) is 11.4 Å². The van der Waals surface area contributed by atoms with Gasteiger partial charge in [-0.2, -0.15) is 0 Å². The minimum atomic E-state index is -0.419. The first-order chi connectivity index (χ1) is 10.5. The second-order valence-corrected chi connectivity index (χ2v) is 7.62. The molecule has 2 spiro atoms. The Hall–Kier alpha value is -1.26. The molecular formula is C18H25NO3. The Balaban J connectivity index is 1.65. The number of likely N-dealkylation sites (N-methyl/N-ethyl adjacent to an activating group) is 1. The van der Waals surface area contributed by atoms with Crippen LogP contribution in [0.5, 0.6) is 5.75 Å². The van der Waals surface area contributed by atoms with Gasteiger partial charge < -0.3 is 19.1 Å². The molecule has 2 fully saturated rings. The van der Waals surface area contributed by atoms with Crippen LogP contribution in [0.3, 0.4) is 0 Å². The lowest BCUT2D eigenvalue weighted by Crippen LogP contribution is -2.61. The molecule has 4 nitrogen and oxygen atoms in total. The van der Waals surface area contributed by atoms with Crippen molar-refractivity contribution >= 4 is 5.69 Å². The first kappa shape index (κ1) is 14.3. The highest BCUT2D eigenvalue weighted by atomic mass is 16.7. The van der Waals surface area contributed by atoms with Crippen LogP contribution in [0.2, 0.25) is 0 Å². The van der Waals surface area contributed by atoms with Crippen molar-refractivity contribution in [3.63, 3.8) is 0 Å². The van der Waals surface area contributed by atoms with Gasteiger partial charge in [0.2, 0.25) is 0 Å². The molecule has 4 rings (SSSR count). The van der Waals surface area contributed by atoms with E-state index in [1.54, 1.807) is 0 Å². The Kier molecular flexibility index (Phi) is 3.01. The minimum absolute atomic E-state index is 0.0606. The second kappa shape index (κ2) is 4.62. The molecule has 1 atom stereocenters. The molecule has 0 N–H and O–H groups in total. The monoisotopic (exact) mass is 303 g/mol. The van der Waals surface area contributed by atoms with Gasteiger partial charge in [-0.25, -0.2) is 0 Å². The molecule has 0 aromatic heterocycles. The van der Waals surface area contributed by atoms with E-state index in [-0.39, 0.29) is 11.0 Å². The number of benzene rings is 1. The number of para-hydroxylation sites is 2. The summed E-state index contributed by atoms with van der Waals surface area (Å²) in [4.78, 5) is 2.32. The van der Waals surface area contributed by atoms with Crippen molar-refractivity contribution in [2.24, 2.45) is 5.41 Å². The Bertz CT molecular complexity index is 579. The average Bonchev–Trinajstić information content (AvgIpc) is 2.94. The van der Waals surface area contributed by atoms with Crippen molar-refractivity contribution in [1.29, 1.82) is 0 Å². The summed E-state index contributed by atoms with van der Waals surface area (Å²) >= 11 is 0. The largest absolute Gasteiger partial charge is 0.483 e. The molecule has 0 bridgehead atoms. The maximum atomic E-state index is 6.52. The standard InChI is InChI=1S/C18H25NO3/c1-16(2)12-17(8-9-18(16)20-10-11-21-18)13-19(3)14-6-4-5-7-15(14)22-17/h4-7H,8-13H2,1-3H3. The van der Waals surface area contributed by atoms with Gasteiger partial charge in [0.05, 0.1) is 25.4 Å². The minimum Gasteiger partial charge on any atom is -0.483 e. The Morgan fingerprint density at radius 1 is 1.05 bits per heavy atom. The van der Waals surface area contributed by atoms with Crippen LogP contribution in [0.4, 0.5) is 5.69 Å². The van der Waals surface area contributed by atoms with E-state index in [0.29, 0.717) is 13.2 Å². The summed E-state index contributed by atoms with van der Waals surface area (Å²) in [5.41, 5.74) is 0.974. The van der Waals surface area contributed by atoms with Gasteiger partial charge in [0.15, 0.2) is 5.79 Å². The topological polar surface area (TPSA) is 30.9 Å². The summed E-state index contributed by atoms with van der Waals surface area (Å²) in [6, 6.07) is 8.31. The fourth-order valence-electron chi connectivity index (χ4n) is 4.61. The summed E-state index contributed by atoms with van der Waals surface area (Å²) < 4.78 is 18.6. The van der Waals surface area contributed by atoms with E-state index in [2.05, 4.69) is 44.0 Å². The van der Waals surface area contributed by atoms with E-state index in [4.69, 9.17) is 14.2 Å². The van der Waals surface area contributed by atoms with Gasteiger partial charge in [0.25, 0.3) is 0 Å². The number of fused-ring (bicyclic) bond motifs is 1. The van der Waals surface area contributed by atoms with Gasteiger partial charge in [0, 0.05) is 18.9 Å². The zero-order valence-corrected chi connectivity index (χ0v) is 13.7. The predicted octanol–water partition coefficient (Wildman–Crippen LogP) is 3.21. The van der Waals surface area contributed by atoms with E-state index >= 15 is 0 Å². The molecule has 3 aliphatic rings. The zero-order chi connectivity index (χ0) is 15.4. The van der Waals surface area contributed by atoms with Crippen LogP contribution in [0.25, 0.3) is 0 Å². The van der Waals surface area contributed by atoms with Crippen LogP contribution in [0, 0.1) is 5.41 Å². The van der Waals surface area contributed by atoms with Crippen molar-refractivity contribution in [1.82, 2.24) is 0 Å². The summed E-state index contributed by atoms with van der Waals surface area (Å²) in [6.07, 6.45) is 2.81. The van der Waals surface area contributed by atoms with E-state index in [0.717, 1.165) is 31.6 Å². The van der Waals surface area contributed by atoms with Crippen LogP contribution in [0.15, 0.2) is 24.3 Å². The lowest BCUT2D eigenvalue weighted by Gasteiger charge is -2.55. The highest BCUT2D eigenvalue weighted by Crippen LogP contribution is 2.54. The molecule has 1 aliphatic carbocycles. The summed E-state index contributed by atoms with van der Waals surface area (Å²) in [7, 11) is 2.16. The molecule has 1 saturated carbocycles. The number of rotatable bonds is 0. The highest BCUT2D eigenvalue weighted by molar-refractivity contribution is 5.60. The molecule has 1 aromatic rings. The molecule has 120 valence electrons. The van der Waals surface area contributed by atoms with Crippen LogP contribution >= 0.6 is 0 Å². The molecule has 0 radical (unpaired) electrons. The maximum Gasteiger partial charge on any atom is 0.173 e. The number of hydrogen-bond acceptors (Lipinski definition) is 4. The molecular weight excluding hydrogens is 278 g/mol. The lowest BCUT2D eigenvalue weighted by molar-refractivity contribution is -0.266. The van der Waals surface area contributed by atoms with Crippen LogP contribution in [-0.2, 0) is 9.47 Å². The SMILES string of the molecule is CN1CC2(CCC3(OCCO3)C(C)(C)C2)Oc2ccccc21. The van der Waals surface area contributed by atoms with Gasteiger partial charge in [-0.3, -0.25) is 0 Å². The van der Waals surface area contributed by atoms with Crippen LogP contribution in [-0.4, -0.2) is 38.2 Å². The first-order valence-electron chi connectivity index (χ1n) is 8.23. The molecule has 2 heterocycles. The molecule has 1 unspecified atom stereocenters. The summed E-state index contributed by atoms with van der Waals surface area (Å²) in [5.74, 6) is 0.577. The molecule has 1 saturated heterocycles. The van der Waals surface area contributed by atoms with Crippen molar-refractivity contribution < 1.29 is 14.2 Å². The van der Waals surface area contributed by atoms with E-state index in [1.807, 2.05) is 6.07 Å². The van der Waals surface area contributed by atoms with Crippen LogP contribution < -0.4 is 9.64 Å². The van der Waals surface area contributed by atoms with Crippen molar-refractivity contribution in [3.05, 3.63) is 24.3 Å². The Morgan fingerprint density at radius 3 is 2.50 bits per heavy atom. The fraction of sp³-hybridized carbons (Fsp3) is 0.667. The van der Waals surface area contributed by atoms with Gasteiger partial charge in [-0.15, -0.1) is 0 Å². The fourth-order valence-corrected chi connectivity index (χ4v) is 4.61. The highest BCUT2D eigenvalue weighted by Gasteiger charge is 2.59. The van der Waals surface area contributed by atoms with E-state index in [9.17, 15) is 0 Å². The number of ether oxygens (including phenoxy) is 3. The average molecular weight is 303 g/mol. The molecule has 4 heteroatoms. The van der Waals surface area contributed by atoms with Crippen molar-refractivity contribution in [2.75, 3.05) is 31.7 Å². The molecule has 1 aromatic carbocycles. The third kappa shape index (κ3) is 1.97. The van der Waals surface area contributed by atoms with Crippen molar-refractivity contribution in [2.45, 2.75) is 44.5 Å². The molecule has 22 heavy (non-hydrogen) atoms. The summed E-state index contributed by atoms with van der Waals surface area (Å²) in [6.45, 7) is 6.84. The zero-order valence-electron chi connectivity index (χ0n) is 13.7. The Labute approximate surface area is 132 Å². The normalized spacial score (nSPS) is 32.0. The quantitative estimate of drug-likeness (QED) is 0.736. The smallest absolute Gasteiger partial charge is 0.173 e. The molecule has 0 amide bonds. The van der Waals surface area contributed by atoms with Crippen LogP contribution in [0.1, 0.15) is 33.1 Å². The van der Waals surface area contributed by atoms with Gasteiger partial charge in [-0.05, 0) is 25.0 Å². The number of nitrogens with zero attached hydrogens (tertiary/aromatic N) is 1. The van der Waals surface area contributed by atoms with Crippen molar-refractivity contribution in [3.8, 4) is 5.75 Å². The summed E-state index contributed by atoms with van der Waals surface area (Å²) in [5, 5.41) is 0. The predicted molar refractivity (Wildman–Crippen MR) is 85.3 cm³/mol. The number of anilines is 1. The third-order valence-electron chi connectivity index (χ3n) is 5.59. The number of hydrogen-bond donors (Lipinski definition) is 0. The second-order valence-electron chi connectivity index (χ2n) is 7.62. The lowest BCUT2D eigenvalue weighted by atomic mass is 9.65. The maximum absolute atomic E-state index is 6.52. The van der Waals surface area contributed by atoms with E-state index in [1.165, 1.54) is 5.69 Å². The van der Waals surface area contributed by atoms with Gasteiger partial charge in [-0.1, -0.05) is 26.0 Å². The first-order valence-corrected chi connectivity index (χ1v) is 8.23. The Morgan fingerprint density at radius 2 is 1.77 bits per heavy atom. The third-order valence-corrected chi connectivity index (χ3v) is 5.59.